The van der Waals surface area contributed by atoms with E-state index in [0.717, 1.165) is 0 Å². The third kappa shape index (κ3) is 1.46. The molecule has 0 aromatic rings. The molecular formula is C8H12Cl2O4. The fraction of sp³-hybridized carbons (Fsp3) is 0.875. The van der Waals surface area contributed by atoms with Gasteiger partial charge in [-0.1, -0.05) is 0 Å². The zero-order chi connectivity index (χ0) is 10.9. The van der Waals surface area contributed by atoms with E-state index in [1.165, 1.54) is 21.3 Å². The molecule has 1 fully saturated rings. The summed E-state index contributed by atoms with van der Waals surface area (Å²) >= 11 is 11.7. The van der Waals surface area contributed by atoms with Gasteiger partial charge in [0.1, 0.15) is 11.5 Å². The van der Waals surface area contributed by atoms with Gasteiger partial charge in [0.2, 0.25) is 5.79 Å². The Kier molecular flexibility index (Phi) is 3.77. The molecule has 82 valence electrons. The second-order valence-corrected chi connectivity index (χ2v) is 3.86. The van der Waals surface area contributed by atoms with Crippen LogP contribution in [0.2, 0.25) is 0 Å². The van der Waals surface area contributed by atoms with Crippen LogP contribution in [0.25, 0.3) is 0 Å². The third-order valence-corrected chi connectivity index (χ3v) is 3.39. The number of carbonyl (C=O) groups excluding carboxylic acids is 1. The highest BCUT2D eigenvalue weighted by atomic mass is 35.5. The molecular weight excluding hydrogens is 231 g/mol. The van der Waals surface area contributed by atoms with Gasteiger partial charge >= 0.3 is 0 Å². The van der Waals surface area contributed by atoms with Gasteiger partial charge in [0.05, 0.1) is 0 Å². The molecule has 1 rings (SSSR count). The lowest BCUT2D eigenvalue weighted by atomic mass is 10.2. The van der Waals surface area contributed by atoms with E-state index in [4.69, 9.17) is 37.4 Å². The van der Waals surface area contributed by atoms with E-state index in [0.29, 0.717) is 0 Å². The lowest BCUT2D eigenvalue weighted by molar-refractivity contribution is -0.247. The maximum atomic E-state index is 11.5. The monoisotopic (exact) mass is 242 g/mol. The molecule has 6 heteroatoms. The predicted molar refractivity (Wildman–Crippen MR) is 51.8 cm³/mol. The van der Waals surface area contributed by atoms with Crippen molar-refractivity contribution < 1.29 is 19.0 Å². The number of alkyl halides is 2. The van der Waals surface area contributed by atoms with Gasteiger partial charge in [-0.25, -0.2) is 0 Å². The molecule has 4 nitrogen and oxygen atoms in total. The molecule has 0 heterocycles. The van der Waals surface area contributed by atoms with E-state index in [1.54, 1.807) is 0 Å². The number of ketones is 1. The lowest BCUT2D eigenvalue weighted by Crippen LogP contribution is -2.50. The molecule has 0 N–H and O–H groups in total. The molecule has 0 radical (unpaired) electrons. The second-order valence-electron chi connectivity index (χ2n) is 2.95. The number of carbonyl (C=O) groups is 1. The summed E-state index contributed by atoms with van der Waals surface area (Å²) in [7, 11) is 4.22. The van der Waals surface area contributed by atoms with Crippen molar-refractivity contribution in [3.8, 4) is 0 Å². The standard InChI is InChI=1S/C8H12Cl2O4/c1-12-7-4(9)5(11)6(10)8(7,13-2)14-3/h4,6-7H,1-3H3. The van der Waals surface area contributed by atoms with Gasteiger partial charge < -0.3 is 14.2 Å². The highest BCUT2D eigenvalue weighted by Crippen LogP contribution is 2.39. The first-order valence-corrected chi connectivity index (χ1v) is 4.87. The summed E-state index contributed by atoms with van der Waals surface area (Å²) in [5.41, 5.74) is 0. The number of rotatable bonds is 3. The first kappa shape index (κ1) is 12.2. The van der Waals surface area contributed by atoms with E-state index in [2.05, 4.69) is 0 Å². The summed E-state index contributed by atoms with van der Waals surface area (Å²) in [4.78, 5) is 11.5. The Balaban J connectivity index is 3.07. The first-order chi connectivity index (χ1) is 6.55. The molecule has 0 aliphatic heterocycles. The Morgan fingerprint density at radius 2 is 1.71 bits per heavy atom. The normalized spacial score (nSPS) is 36.4. The van der Waals surface area contributed by atoms with Gasteiger partial charge in [0, 0.05) is 21.3 Å². The van der Waals surface area contributed by atoms with Crippen molar-refractivity contribution in [3.05, 3.63) is 0 Å². The summed E-state index contributed by atoms with van der Waals surface area (Å²) < 4.78 is 15.3. The minimum atomic E-state index is -1.29. The van der Waals surface area contributed by atoms with Crippen LogP contribution in [-0.2, 0) is 19.0 Å². The number of Topliss-reactive ketones (excluding diaryl/α,β-unsaturated/α-hetero) is 1. The molecule has 0 spiro atoms. The minimum Gasteiger partial charge on any atom is -0.374 e. The number of methoxy groups -OCH3 is 3. The maximum absolute atomic E-state index is 11.5. The van der Waals surface area contributed by atoms with Crippen LogP contribution in [0.3, 0.4) is 0 Å². The van der Waals surface area contributed by atoms with Crippen molar-refractivity contribution in [2.24, 2.45) is 0 Å². The number of ether oxygens (including phenoxy) is 3. The van der Waals surface area contributed by atoms with Crippen LogP contribution in [0.15, 0.2) is 0 Å². The predicted octanol–water partition coefficient (Wildman–Crippen LogP) is 0.788. The summed E-state index contributed by atoms with van der Waals surface area (Å²) in [6.45, 7) is 0. The number of hydrogen-bond acceptors (Lipinski definition) is 4. The van der Waals surface area contributed by atoms with Crippen LogP contribution in [0.4, 0.5) is 0 Å². The summed E-state index contributed by atoms with van der Waals surface area (Å²) in [6, 6.07) is 0. The van der Waals surface area contributed by atoms with Crippen LogP contribution >= 0.6 is 23.2 Å². The molecule has 0 aromatic heterocycles. The second kappa shape index (κ2) is 4.33. The largest absolute Gasteiger partial charge is 0.374 e. The molecule has 3 unspecified atom stereocenters. The summed E-state index contributed by atoms with van der Waals surface area (Å²) in [5.74, 6) is -1.64. The van der Waals surface area contributed by atoms with E-state index in [1.807, 2.05) is 0 Å². The van der Waals surface area contributed by atoms with Crippen molar-refractivity contribution in [1.82, 2.24) is 0 Å². The summed E-state index contributed by atoms with van der Waals surface area (Å²) in [6.07, 6.45) is -0.700. The van der Waals surface area contributed by atoms with Gasteiger partial charge in [0.25, 0.3) is 0 Å². The summed E-state index contributed by atoms with van der Waals surface area (Å²) in [5, 5.41) is -1.80. The van der Waals surface area contributed by atoms with Crippen molar-refractivity contribution in [2.75, 3.05) is 21.3 Å². The first-order valence-electron chi connectivity index (χ1n) is 4.00. The van der Waals surface area contributed by atoms with E-state index < -0.39 is 22.6 Å². The fourth-order valence-corrected chi connectivity index (χ4v) is 2.55. The Bertz CT molecular complexity index is 229. The highest BCUT2D eigenvalue weighted by Gasteiger charge is 2.61. The average molecular weight is 243 g/mol. The van der Waals surface area contributed by atoms with Crippen molar-refractivity contribution >= 4 is 29.0 Å². The van der Waals surface area contributed by atoms with Crippen molar-refractivity contribution in [2.45, 2.75) is 22.6 Å². The van der Waals surface area contributed by atoms with Gasteiger partial charge in [-0.05, 0) is 0 Å². The molecule has 1 aliphatic carbocycles. The molecule has 1 aliphatic rings. The van der Waals surface area contributed by atoms with Crippen LogP contribution in [0.1, 0.15) is 0 Å². The molecule has 3 atom stereocenters. The Hall–Kier alpha value is 0.130. The average Bonchev–Trinajstić information content (AvgIpc) is 2.39. The fourth-order valence-electron chi connectivity index (χ4n) is 1.64. The molecule has 14 heavy (non-hydrogen) atoms. The SMILES string of the molecule is COC1C(Cl)C(=O)C(Cl)C1(OC)OC. The highest BCUT2D eigenvalue weighted by molar-refractivity contribution is 6.42. The number of halogens is 2. The molecule has 0 aromatic carbocycles. The molecule has 0 amide bonds. The van der Waals surface area contributed by atoms with Crippen LogP contribution in [0, 0.1) is 0 Å². The Morgan fingerprint density at radius 3 is 2.00 bits per heavy atom. The minimum absolute atomic E-state index is 0.344. The molecule has 0 saturated heterocycles. The number of hydrogen-bond donors (Lipinski definition) is 0. The van der Waals surface area contributed by atoms with E-state index in [-0.39, 0.29) is 5.78 Å². The van der Waals surface area contributed by atoms with Crippen molar-refractivity contribution in [3.63, 3.8) is 0 Å². The van der Waals surface area contributed by atoms with E-state index in [9.17, 15) is 4.79 Å². The van der Waals surface area contributed by atoms with Gasteiger partial charge in [-0.3, -0.25) is 4.79 Å². The lowest BCUT2D eigenvalue weighted by Gasteiger charge is -2.33. The Morgan fingerprint density at radius 1 is 1.21 bits per heavy atom. The zero-order valence-electron chi connectivity index (χ0n) is 8.12. The zero-order valence-corrected chi connectivity index (χ0v) is 9.63. The Labute approximate surface area is 92.4 Å². The third-order valence-electron chi connectivity index (χ3n) is 2.43. The van der Waals surface area contributed by atoms with Crippen LogP contribution < -0.4 is 0 Å². The van der Waals surface area contributed by atoms with Gasteiger partial charge in [-0.15, -0.1) is 23.2 Å². The van der Waals surface area contributed by atoms with Crippen LogP contribution in [-0.4, -0.2) is 49.8 Å². The molecule has 0 bridgehead atoms. The smallest absolute Gasteiger partial charge is 0.220 e. The van der Waals surface area contributed by atoms with Crippen molar-refractivity contribution in [1.29, 1.82) is 0 Å². The van der Waals surface area contributed by atoms with Gasteiger partial charge in [0.15, 0.2) is 11.2 Å². The van der Waals surface area contributed by atoms with Crippen LogP contribution in [0.5, 0.6) is 0 Å². The van der Waals surface area contributed by atoms with Gasteiger partial charge in [-0.2, -0.15) is 0 Å². The van der Waals surface area contributed by atoms with E-state index >= 15 is 0 Å². The quantitative estimate of drug-likeness (QED) is 0.543. The maximum Gasteiger partial charge on any atom is 0.220 e. The molecule has 1 saturated carbocycles. The topological polar surface area (TPSA) is 44.8 Å².